The van der Waals surface area contributed by atoms with Gasteiger partial charge in [0.2, 0.25) is 5.88 Å². The molecule has 0 amide bonds. The molecule has 0 aliphatic carbocycles. The van der Waals surface area contributed by atoms with Crippen LogP contribution in [0.4, 0.5) is 5.69 Å². The van der Waals surface area contributed by atoms with Gasteiger partial charge in [0, 0.05) is 17.8 Å². The normalized spacial score (nSPS) is 11.0. The molecule has 1 aromatic carbocycles. The Kier molecular flexibility index (Phi) is 6.99. The summed E-state index contributed by atoms with van der Waals surface area (Å²) in [5.74, 6) is -0.152. The summed E-state index contributed by atoms with van der Waals surface area (Å²) in [5.41, 5.74) is 1.05. The van der Waals surface area contributed by atoms with Gasteiger partial charge in [0.25, 0.3) is 5.56 Å². The fourth-order valence-corrected chi connectivity index (χ4v) is 2.82. The molecule has 0 fully saturated rings. The summed E-state index contributed by atoms with van der Waals surface area (Å²) in [7, 11) is 0. The van der Waals surface area contributed by atoms with E-state index in [0.29, 0.717) is 28.4 Å². The Bertz CT molecular complexity index is 893. The van der Waals surface area contributed by atoms with E-state index in [1.54, 1.807) is 31.2 Å². The molecule has 26 heavy (non-hydrogen) atoms. The van der Waals surface area contributed by atoms with Crippen LogP contribution in [0.5, 0.6) is 5.88 Å². The number of aromatic hydroxyl groups is 1. The van der Waals surface area contributed by atoms with Crippen molar-refractivity contribution in [2.45, 2.75) is 46.1 Å². The van der Waals surface area contributed by atoms with E-state index in [1.807, 2.05) is 6.07 Å². The number of nitrogens with zero attached hydrogens (tertiary/aromatic N) is 3. The first kappa shape index (κ1) is 19.7. The van der Waals surface area contributed by atoms with Crippen molar-refractivity contribution in [3.05, 3.63) is 56.3 Å². The molecule has 5 nitrogen and oxygen atoms in total. The van der Waals surface area contributed by atoms with Crippen molar-refractivity contribution >= 4 is 23.5 Å². The molecule has 0 spiro atoms. The Morgan fingerprint density at radius 3 is 2.58 bits per heavy atom. The van der Waals surface area contributed by atoms with Gasteiger partial charge in [0.05, 0.1) is 11.3 Å². The van der Waals surface area contributed by atoms with Crippen LogP contribution in [0.15, 0.2) is 34.1 Å². The third-order valence-electron chi connectivity index (χ3n) is 4.25. The predicted octanol–water partition coefficient (Wildman–Crippen LogP) is 4.72. The van der Waals surface area contributed by atoms with Crippen LogP contribution in [0, 0.1) is 18.3 Å². The average Bonchev–Trinajstić information content (AvgIpc) is 2.63. The molecule has 0 unspecified atom stereocenters. The Hall–Kier alpha value is -2.58. The summed E-state index contributed by atoms with van der Waals surface area (Å²) in [5, 5.41) is 20.6. The minimum absolute atomic E-state index is 0.0378. The molecule has 1 N–H and O–H groups in total. The van der Waals surface area contributed by atoms with Crippen LogP contribution in [-0.2, 0) is 6.54 Å². The van der Waals surface area contributed by atoms with Crippen molar-refractivity contribution in [2.24, 2.45) is 4.99 Å². The SMILES string of the molecule is CCCCCCn1c(O)c(C=Nc2ccc(Cl)cc2)c(C)c(C#N)c1=O. The van der Waals surface area contributed by atoms with Crippen LogP contribution in [0.2, 0.25) is 5.02 Å². The van der Waals surface area contributed by atoms with Gasteiger partial charge in [-0.1, -0.05) is 37.8 Å². The van der Waals surface area contributed by atoms with E-state index in [9.17, 15) is 15.2 Å². The van der Waals surface area contributed by atoms with E-state index in [1.165, 1.54) is 10.8 Å². The lowest BCUT2D eigenvalue weighted by Crippen LogP contribution is -2.25. The van der Waals surface area contributed by atoms with Crippen molar-refractivity contribution in [1.29, 1.82) is 5.26 Å². The van der Waals surface area contributed by atoms with Crippen LogP contribution in [0.25, 0.3) is 0 Å². The molecule has 0 saturated heterocycles. The van der Waals surface area contributed by atoms with Gasteiger partial charge in [-0.2, -0.15) is 5.26 Å². The lowest BCUT2D eigenvalue weighted by molar-refractivity contribution is 0.397. The smallest absolute Gasteiger partial charge is 0.271 e. The van der Waals surface area contributed by atoms with Crippen LogP contribution >= 0.6 is 11.6 Å². The van der Waals surface area contributed by atoms with E-state index in [-0.39, 0.29) is 11.4 Å². The van der Waals surface area contributed by atoms with Crippen molar-refractivity contribution < 1.29 is 5.11 Å². The number of halogens is 1. The average molecular weight is 372 g/mol. The molecule has 0 aliphatic rings. The first-order valence-corrected chi connectivity index (χ1v) is 9.03. The minimum Gasteiger partial charge on any atom is -0.494 e. The standard InChI is InChI=1S/C20H22ClN3O2/c1-3-4-5-6-11-24-19(25)17(12-22)14(2)18(20(24)26)13-23-16-9-7-15(21)8-10-16/h7-10,13,26H,3-6,11H2,1-2H3. The monoisotopic (exact) mass is 371 g/mol. The summed E-state index contributed by atoms with van der Waals surface area (Å²) < 4.78 is 1.27. The molecule has 0 atom stereocenters. The zero-order chi connectivity index (χ0) is 19.1. The Labute approximate surface area is 158 Å². The second-order valence-corrected chi connectivity index (χ2v) is 6.54. The highest BCUT2D eigenvalue weighted by molar-refractivity contribution is 6.30. The fraction of sp³-hybridized carbons (Fsp3) is 0.350. The number of hydrogen-bond donors (Lipinski definition) is 1. The summed E-state index contributed by atoms with van der Waals surface area (Å²) in [6, 6.07) is 8.89. The molecule has 1 heterocycles. The first-order valence-electron chi connectivity index (χ1n) is 8.65. The highest BCUT2D eigenvalue weighted by Crippen LogP contribution is 2.22. The maximum Gasteiger partial charge on any atom is 0.271 e. The first-order chi connectivity index (χ1) is 12.5. The van der Waals surface area contributed by atoms with E-state index in [0.717, 1.165) is 25.7 Å². The molecule has 136 valence electrons. The van der Waals surface area contributed by atoms with Crippen LogP contribution in [0.3, 0.4) is 0 Å². The quantitative estimate of drug-likeness (QED) is 0.565. The maximum atomic E-state index is 12.5. The van der Waals surface area contributed by atoms with Gasteiger partial charge < -0.3 is 5.11 Å². The van der Waals surface area contributed by atoms with Gasteiger partial charge in [-0.25, -0.2) is 0 Å². The summed E-state index contributed by atoms with van der Waals surface area (Å²) in [6.07, 6.45) is 5.36. The summed E-state index contributed by atoms with van der Waals surface area (Å²) in [4.78, 5) is 16.8. The zero-order valence-electron chi connectivity index (χ0n) is 15.0. The van der Waals surface area contributed by atoms with Gasteiger partial charge in [0.1, 0.15) is 11.6 Å². The van der Waals surface area contributed by atoms with Gasteiger partial charge in [0.15, 0.2) is 0 Å². The molecular weight excluding hydrogens is 350 g/mol. The third-order valence-corrected chi connectivity index (χ3v) is 4.50. The molecular formula is C20H22ClN3O2. The molecule has 1 aromatic heterocycles. The third kappa shape index (κ3) is 4.53. The Morgan fingerprint density at radius 1 is 1.27 bits per heavy atom. The highest BCUT2D eigenvalue weighted by atomic mass is 35.5. The van der Waals surface area contributed by atoms with Gasteiger partial charge in [-0.05, 0) is 43.2 Å². The van der Waals surface area contributed by atoms with E-state index < -0.39 is 5.56 Å². The van der Waals surface area contributed by atoms with Gasteiger partial charge in [-0.3, -0.25) is 14.4 Å². The Morgan fingerprint density at radius 2 is 1.96 bits per heavy atom. The number of rotatable bonds is 7. The van der Waals surface area contributed by atoms with Crippen molar-refractivity contribution in [1.82, 2.24) is 4.57 Å². The highest BCUT2D eigenvalue weighted by Gasteiger charge is 2.17. The second kappa shape index (κ2) is 9.21. The van der Waals surface area contributed by atoms with E-state index in [2.05, 4.69) is 11.9 Å². The number of aromatic nitrogens is 1. The van der Waals surface area contributed by atoms with E-state index in [4.69, 9.17) is 11.6 Å². The van der Waals surface area contributed by atoms with Gasteiger partial charge >= 0.3 is 0 Å². The van der Waals surface area contributed by atoms with Crippen LogP contribution in [0.1, 0.15) is 49.3 Å². The maximum absolute atomic E-state index is 12.5. The molecule has 0 radical (unpaired) electrons. The minimum atomic E-state index is -0.456. The predicted molar refractivity (Wildman–Crippen MR) is 105 cm³/mol. The van der Waals surface area contributed by atoms with Crippen LogP contribution < -0.4 is 5.56 Å². The fourth-order valence-electron chi connectivity index (χ4n) is 2.70. The zero-order valence-corrected chi connectivity index (χ0v) is 15.8. The molecule has 2 aromatic rings. The van der Waals surface area contributed by atoms with Crippen molar-refractivity contribution in [3.63, 3.8) is 0 Å². The number of hydrogen-bond acceptors (Lipinski definition) is 4. The van der Waals surface area contributed by atoms with E-state index >= 15 is 0 Å². The molecule has 6 heteroatoms. The summed E-state index contributed by atoms with van der Waals surface area (Å²) >= 11 is 5.86. The molecule has 0 saturated carbocycles. The molecule has 0 bridgehead atoms. The topological polar surface area (TPSA) is 78.4 Å². The number of pyridine rings is 1. The van der Waals surface area contributed by atoms with Gasteiger partial charge in [-0.15, -0.1) is 0 Å². The van der Waals surface area contributed by atoms with Crippen molar-refractivity contribution in [2.75, 3.05) is 0 Å². The number of nitriles is 1. The Balaban J connectivity index is 2.42. The van der Waals surface area contributed by atoms with Crippen LogP contribution in [-0.4, -0.2) is 15.9 Å². The number of benzene rings is 1. The summed E-state index contributed by atoms with van der Waals surface area (Å²) in [6.45, 7) is 4.13. The number of unbranched alkanes of at least 4 members (excludes halogenated alkanes) is 3. The van der Waals surface area contributed by atoms with Crippen molar-refractivity contribution in [3.8, 4) is 11.9 Å². The lowest BCUT2D eigenvalue weighted by Gasteiger charge is -2.13. The molecule has 0 aliphatic heterocycles. The molecule has 2 rings (SSSR count). The number of aliphatic imine (C=N–C) groups is 1. The largest absolute Gasteiger partial charge is 0.494 e. The lowest BCUT2D eigenvalue weighted by atomic mass is 10.1. The second-order valence-electron chi connectivity index (χ2n) is 6.10.